The Morgan fingerprint density at radius 1 is 1.17 bits per heavy atom. The van der Waals surface area contributed by atoms with E-state index in [9.17, 15) is 0 Å². The molecule has 1 aliphatic carbocycles. The van der Waals surface area contributed by atoms with Gasteiger partial charge in [0, 0.05) is 19.0 Å². The van der Waals surface area contributed by atoms with Crippen LogP contribution < -0.4 is 0 Å². The number of nitrogens with zero attached hydrogens (tertiary/aromatic N) is 3. The second kappa shape index (κ2) is 6.06. The third-order valence-corrected chi connectivity index (χ3v) is 4.76. The van der Waals surface area contributed by atoms with E-state index in [1.165, 1.54) is 18.4 Å². The van der Waals surface area contributed by atoms with Crippen LogP contribution in [-0.2, 0) is 4.74 Å². The quantitative estimate of drug-likeness (QED) is 0.865. The van der Waals surface area contributed by atoms with E-state index in [0.717, 1.165) is 24.8 Å². The molecule has 2 heterocycles. The average molecular weight is 313 g/mol. The van der Waals surface area contributed by atoms with E-state index in [4.69, 9.17) is 9.26 Å². The first-order valence-electron chi connectivity index (χ1n) is 8.48. The second-order valence-corrected chi connectivity index (χ2v) is 6.74. The lowest BCUT2D eigenvalue weighted by molar-refractivity contribution is -0.0922. The molecule has 0 spiro atoms. The number of hydrogen-bond acceptors (Lipinski definition) is 5. The van der Waals surface area contributed by atoms with Gasteiger partial charge in [0.05, 0.1) is 18.2 Å². The fourth-order valence-electron chi connectivity index (χ4n) is 3.23. The van der Waals surface area contributed by atoms with Gasteiger partial charge in [0.1, 0.15) is 0 Å². The number of rotatable bonds is 4. The average Bonchev–Trinajstić information content (AvgIpc) is 3.32. The van der Waals surface area contributed by atoms with E-state index in [-0.39, 0.29) is 18.2 Å². The Kier molecular flexibility index (Phi) is 3.91. The van der Waals surface area contributed by atoms with E-state index < -0.39 is 0 Å². The molecule has 4 rings (SSSR count). The molecular formula is C18H23N3O2. The fourth-order valence-corrected chi connectivity index (χ4v) is 3.23. The zero-order valence-corrected chi connectivity index (χ0v) is 13.7. The van der Waals surface area contributed by atoms with Crippen LogP contribution in [0.1, 0.15) is 62.0 Å². The number of hydrogen-bond donors (Lipinski definition) is 0. The summed E-state index contributed by atoms with van der Waals surface area (Å²) in [6, 6.07) is 10.5. The lowest BCUT2D eigenvalue weighted by Gasteiger charge is -2.39. The minimum atomic E-state index is 0.0909. The molecule has 0 unspecified atom stereocenters. The fraction of sp³-hybridized carbons (Fsp3) is 0.556. The molecule has 2 aromatic rings. The number of ether oxygens (including phenoxy) is 1. The molecule has 3 atom stereocenters. The molecule has 0 radical (unpaired) electrons. The van der Waals surface area contributed by atoms with Gasteiger partial charge in [0.25, 0.3) is 0 Å². The highest BCUT2D eigenvalue weighted by Crippen LogP contribution is 2.39. The Balaban J connectivity index is 1.50. The zero-order valence-electron chi connectivity index (χ0n) is 13.7. The molecule has 5 nitrogen and oxygen atoms in total. The highest BCUT2D eigenvalue weighted by Gasteiger charge is 2.34. The number of benzene rings is 1. The Morgan fingerprint density at radius 3 is 2.70 bits per heavy atom. The molecule has 0 N–H and O–H groups in total. The van der Waals surface area contributed by atoms with Crippen LogP contribution in [0.2, 0.25) is 0 Å². The molecule has 0 amide bonds. The van der Waals surface area contributed by atoms with Crippen molar-refractivity contribution >= 4 is 0 Å². The third kappa shape index (κ3) is 3.16. The molecule has 1 aromatic heterocycles. The SMILES string of the molecule is C[C@@H]1CN([C@H](C)c2nc(C3CC3)no2)C[C@@H](c2ccccc2)O1. The van der Waals surface area contributed by atoms with Crippen LogP contribution in [0.25, 0.3) is 0 Å². The summed E-state index contributed by atoms with van der Waals surface area (Å²) in [6.07, 6.45) is 2.66. The van der Waals surface area contributed by atoms with Gasteiger partial charge in [-0.05, 0) is 32.3 Å². The van der Waals surface area contributed by atoms with Gasteiger partial charge in [-0.3, -0.25) is 4.90 Å². The summed E-state index contributed by atoms with van der Waals surface area (Å²) in [6.45, 7) is 5.99. The smallest absolute Gasteiger partial charge is 0.243 e. The van der Waals surface area contributed by atoms with E-state index in [2.05, 4.69) is 53.2 Å². The van der Waals surface area contributed by atoms with Crippen LogP contribution in [0.3, 0.4) is 0 Å². The van der Waals surface area contributed by atoms with E-state index in [0.29, 0.717) is 5.92 Å². The van der Waals surface area contributed by atoms with Crippen molar-refractivity contribution in [1.82, 2.24) is 15.0 Å². The van der Waals surface area contributed by atoms with E-state index >= 15 is 0 Å². The highest BCUT2D eigenvalue weighted by molar-refractivity contribution is 5.18. The van der Waals surface area contributed by atoms with Crippen LogP contribution in [0.4, 0.5) is 0 Å². The van der Waals surface area contributed by atoms with Gasteiger partial charge in [-0.2, -0.15) is 4.98 Å². The summed E-state index contributed by atoms with van der Waals surface area (Å²) >= 11 is 0. The molecule has 23 heavy (non-hydrogen) atoms. The topological polar surface area (TPSA) is 51.4 Å². The van der Waals surface area contributed by atoms with Crippen molar-refractivity contribution in [2.24, 2.45) is 0 Å². The van der Waals surface area contributed by atoms with Crippen LogP contribution in [0, 0.1) is 0 Å². The molecule has 2 fully saturated rings. The highest BCUT2D eigenvalue weighted by atomic mass is 16.5. The Bertz CT molecular complexity index is 653. The molecule has 2 aliphatic rings. The van der Waals surface area contributed by atoms with Crippen LogP contribution >= 0.6 is 0 Å². The molecule has 1 saturated heterocycles. The summed E-state index contributed by atoms with van der Waals surface area (Å²) < 4.78 is 11.6. The predicted molar refractivity (Wildman–Crippen MR) is 86.0 cm³/mol. The van der Waals surface area contributed by atoms with E-state index in [1.54, 1.807) is 0 Å². The molecule has 122 valence electrons. The van der Waals surface area contributed by atoms with Gasteiger partial charge in [-0.1, -0.05) is 35.5 Å². The third-order valence-electron chi connectivity index (χ3n) is 4.76. The van der Waals surface area contributed by atoms with Gasteiger partial charge in [-0.15, -0.1) is 0 Å². The van der Waals surface area contributed by atoms with Crippen molar-refractivity contribution < 1.29 is 9.26 Å². The number of aromatic nitrogens is 2. The maximum atomic E-state index is 6.13. The predicted octanol–water partition coefficient (Wildman–Crippen LogP) is 3.47. The lowest BCUT2D eigenvalue weighted by Crippen LogP contribution is -2.44. The Morgan fingerprint density at radius 2 is 1.96 bits per heavy atom. The molecular weight excluding hydrogens is 290 g/mol. The van der Waals surface area contributed by atoms with Crippen molar-refractivity contribution in [3.63, 3.8) is 0 Å². The maximum Gasteiger partial charge on any atom is 0.243 e. The van der Waals surface area contributed by atoms with Crippen molar-refractivity contribution in [2.45, 2.75) is 50.9 Å². The van der Waals surface area contributed by atoms with Crippen molar-refractivity contribution in [3.8, 4) is 0 Å². The first-order valence-corrected chi connectivity index (χ1v) is 8.48. The van der Waals surface area contributed by atoms with Gasteiger partial charge < -0.3 is 9.26 Å². The Labute approximate surface area is 136 Å². The first kappa shape index (κ1) is 14.8. The van der Waals surface area contributed by atoms with Gasteiger partial charge in [-0.25, -0.2) is 0 Å². The van der Waals surface area contributed by atoms with Crippen LogP contribution in [0.15, 0.2) is 34.9 Å². The summed E-state index contributed by atoms with van der Waals surface area (Å²) in [5.74, 6) is 2.14. The molecule has 5 heteroatoms. The summed E-state index contributed by atoms with van der Waals surface area (Å²) in [5, 5.41) is 4.15. The second-order valence-electron chi connectivity index (χ2n) is 6.74. The summed E-state index contributed by atoms with van der Waals surface area (Å²) in [7, 11) is 0. The number of morpholine rings is 1. The zero-order chi connectivity index (χ0) is 15.8. The molecule has 1 saturated carbocycles. The minimum absolute atomic E-state index is 0.0909. The minimum Gasteiger partial charge on any atom is -0.368 e. The summed E-state index contributed by atoms with van der Waals surface area (Å²) in [4.78, 5) is 6.99. The van der Waals surface area contributed by atoms with Crippen molar-refractivity contribution in [3.05, 3.63) is 47.6 Å². The van der Waals surface area contributed by atoms with Crippen molar-refractivity contribution in [2.75, 3.05) is 13.1 Å². The maximum absolute atomic E-state index is 6.13. The first-order chi connectivity index (χ1) is 11.2. The molecule has 1 aromatic carbocycles. The molecule has 1 aliphatic heterocycles. The largest absolute Gasteiger partial charge is 0.368 e. The molecule has 0 bridgehead atoms. The normalized spacial score (nSPS) is 27.0. The van der Waals surface area contributed by atoms with Crippen LogP contribution in [-0.4, -0.2) is 34.2 Å². The summed E-state index contributed by atoms with van der Waals surface area (Å²) in [5.41, 5.74) is 1.22. The van der Waals surface area contributed by atoms with E-state index in [1.807, 2.05) is 6.07 Å². The van der Waals surface area contributed by atoms with Gasteiger partial charge >= 0.3 is 0 Å². The van der Waals surface area contributed by atoms with Gasteiger partial charge in [0.2, 0.25) is 5.89 Å². The monoisotopic (exact) mass is 313 g/mol. The van der Waals surface area contributed by atoms with Crippen LogP contribution in [0.5, 0.6) is 0 Å². The lowest BCUT2D eigenvalue weighted by atomic mass is 10.1. The standard InChI is InChI=1S/C18H23N3O2/c1-12-10-21(11-16(22-12)14-6-4-3-5-7-14)13(2)18-19-17(20-23-18)15-8-9-15/h3-7,12-13,15-16H,8-11H2,1-2H3/t12-,13-,16+/m1/s1. The van der Waals surface area contributed by atoms with Gasteiger partial charge in [0.15, 0.2) is 5.82 Å². The van der Waals surface area contributed by atoms with Crippen molar-refractivity contribution in [1.29, 1.82) is 0 Å². The Hall–Kier alpha value is -1.72.